The summed E-state index contributed by atoms with van der Waals surface area (Å²) in [7, 11) is 0. The maximum absolute atomic E-state index is 13.8. The Morgan fingerprint density at radius 3 is 2.24 bits per heavy atom. The minimum atomic E-state index is -1.22. The quantitative estimate of drug-likeness (QED) is 0.796. The molecule has 0 spiro atoms. The van der Waals surface area contributed by atoms with Crippen molar-refractivity contribution in [3.05, 3.63) is 69.7 Å². The normalized spacial score (nSPS) is 12.7. The molecule has 1 atom stereocenters. The number of aliphatic hydroxyl groups is 1. The molecule has 21 heavy (non-hydrogen) atoms. The molecule has 2 rings (SSSR count). The fourth-order valence-corrected chi connectivity index (χ4v) is 2.38. The molecule has 112 valence electrons. The van der Waals surface area contributed by atoms with Crippen LogP contribution in [0.15, 0.2) is 36.4 Å². The first-order valence-corrected chi connectivity index (χ1v) is 7.17. The zero-order valence-electron chi connectivity index (χ0n) is 11.9. The maximum Gasteiger partial charge on any atom is 0.142 e. The predicted octanol–water partition coefficient (Wildman–Crippen LogP) is 4.90. The van der Waals surface area contributed by atoms with Crippen LogP contribution in [0.3, 0.4) is 0 Å². The molecule has 0 aliphatic heterocycles. The van der Waals surface area contributed by atoms with Gasteiger partial charge in [0, 0.05) is 5.56 Å². The van der Waals surface area contributed by atoms with E-state index in [0.29, 0.717) is 11.5 Å². The monoisotopic (exact) mass is 310 g/mol. The second-order valence-electron chi connectivity index (χ2n) is 5.53. The first-order valence-electron chi connectivity index (χ1n) is 6.80. The second kappa shape index (κ2) is 6.54. The van der Waals surface area contributed by atoms with Crippen molar-refractivity contribution in [2.24, 2.45) is 5.92 Å². The summed E-state index contributed by atoms with van der Waals surface area (Å²) < 4.78 is 27.2. The number of hydrogen-bond acceptors (Lipinski definition) is 1. The third kappa shape index (κ3) is 3.80. The third-order valence-corrected chi connectivity index (χ3v) is 3.56. The van der Waals surface area contributed by atoms with Gasteiger partial charge in [-0.25, -0.2) is 8.78 Å². The van der Waals surface area contributed by atoms with Crippen LogP contribution in [-0.2, 0) is 6.42 Å². The molecule has 0 heterocycles. The van der Waals surface area contributed by atoms with Gasteiger partial charge < -0.3 is 5.11 Å². The molecular formula is C17H17ClF2O. The highest BCUT2D eigenvalue weighted by atomic mass is 35.5. The van der Waals surface area contributed by atoms with Gasteiger partial charge in [0.05, 0.1) is 5.02 Å². The van der Waals surface area contributed by atoms with E-state index in [4.69, 9.17) is 11.6 Å². The van der Waals surface area contributed by atoms with Crippen molar-refractivity contribution in [3.63, 3.8) is 0 Å². The Labute approximate surface area is 128 Å². The van der Waals surface area contributed by atoms with Crippen LogP contribution in [0.2, 0.25) is 5.02 Å². The van der Waals surface area contributed by atoms with E-state index < -0.39 is 17.7 Å². The van der Waals surface area contributed by atoms with Crippen molar-refractivity contribution < 1.29 is 13.9 Å². The first kappa shape index (κ1) is 15.9. The van der Waals surface area contributed by atoms with Crippen molar-refractivity contribution in [1.82, 2.24) is 0 Å². The van der Waals surface area contributed by atoms with Crippen LogP contribution in [0.1, 0.15) is 36.6 Å². The number of halogens is 3. The lowest BCUT2D eigenvalue weighted by Gasteiger charge is -2.14. The molecule has 0 radical (unpaired) electrons. The smallest absolute Gasteiger partial charge is 0.142 e. The molecule has 0 aliphatic carbocycles. The van der Waals surface area contributed by atoms with E-state index in [9.17, 15) is 13.9 Å². The van der Waals surface area contributed by atoms with E-state index in [1.807, 2.05) is 12.1 Å². The topological polar surface area (TPSA) is 20.2 Å². The van der Waals surface area contributed by atoms with Crippen molar-refractivity contribution in [3.8, 4) is 0 Å². The first-order chi connectivity index (χ1) is 9.88. The van der Waals surface area contributed by atoms with Crippen LogP contribution in [0.5, 0.6) is 0 Å². The summed E-state index contributed by atoms with van der Waals surface area (Å²) in [5.41, 5.74) is 1.54. The summed E-state index contributed by atoms with van der Waals surface area (Å²) in [4.78, 5) is 0. The molecule has 0 saturated carbocycles. The summed E-state index contributed by atoms with van der Waals surface area (Å²) in [6.07, 6.45) is -0.287. The molecule has 1 nitrogen and oxygen atoms in total. The lowest BCUT2D eigenvalue weighted by molar-refractivity contribution is 0.214. The fourth-order valence-electron chi connectivity index (χ4n) is 2.23. The Morgan fingerprint density at radius 1 is 1.05 bits per heavy atom. The molecule has 0 amide bonds. The van der Waals surface area contributed by atoms with Crippen LogP contribution in [-0.4, -0.2) is 5.11 Å². The second-order valence-corrected chi connectivity index (χ2v) is 5.94. The van der Waals surface area contributed by atoms with E-state index >= 15 is 0 Å². The fraction of sp³-hybridized carbons (Fsp3) is 0.294. The van der Waals surface area contributed by atoms with Gasteiger partial charge in [0.2, 0.25) is 0 Å². The predicted molar refractivity (Wildman–Crippen MR) is 80.4 cm³/mol. The molecule has 1 unspecified atom stereocenters. The van der Waals surface area contributed by atoms with Gasteiger partial charge in [0.1, 0.15) is 17.7 Å². The van der Waals surface area contributed by atoms with E-state index in [1.165, 1.54) is 0 Å². The molecule has 0 bridgehead atoms. The van der Waals surface area contributed by atoms with Crippen LogP contribution < -0.4 is 0 Å². The van der Waals surface area contributed by atoms with Gasteiger partial charge in [-0.2, -0.15) is 0 Å². The summed E-state index contributed by atoms with van der Waals surface area (Å²) in [5, 5.41) is 9.92. The largest absolute Gasteiger partial charge is 0.384 e. The maximum atomic E-state index is 13.8. The van der Waals surface area contributed by atoms with Crippen LogP contribution in [0.25, 0.3) is 0 Å². The van der Waals surface area contributed by atoms with Gasteiger partial charge in [0.15, 0.2) is 0 Å². The summed E-state index contributed by atoms with van der Waals surface area (Å²) in [5.74, 6) is -0.938. The van der Waals surface area contributed by atoms with Crippen molar-refractivity contribution in [1.29, 1.82) is 0 Å². The van der Waals surface area contributed by atoms with Gasteiger partial charge >= 0.3 is 0 Å². The Hall–Kier alpha value is -1.45. The zero-order chi connectivity index (χ0) is 15.6. The van der Waals surface area contributed by atoms with Crippen LogP contribution in [0.4, 0.5) is 8.78 Å². The molecule has 0 fully saturated rings. The summed E-state index contributed by atoms with van der Waals surface area (Å²) in [6.45, 7) is 4.24. The zero-order valence-corrected chi connectivity index (χ0v) is 12.7. The number of aliphatic hydroxyl groups excluding tert-OH is 1. The van der Waals surface area contributed by atoms with Gasteiger partial charge in [-0.15, -0.1) is 0 Å². The standard InChI is InChI=1S/C17H17ClF2O/c1-10(2)7-11-3-5-12(6-4-11)17(21)13-8-16(20)14(18)9-15(13)19/h3-6,8-10,17,21H,7H2,1-2H3. The van der Waals surface area contributed by atoms with Gasteiger partial charge in [-0.05, 0) is 35.6 Å². The van der Waals surface area contributed by atoms with Crippen molar-refractivity contribution in [2.45, 2.75) is 26.4 Å². The Bertz CT molecular complexity index is 623. The average molecular weight is 311 g/mol. The van der Waals surface area contributed by atoms with Crippen LogP contribution >= 0.6 is 11.6 Å². The minimum absolute atomic E-state index is 0.117. The van der Waals surface area contributed by atoms with E-state index in [2.05, 4.69) is 13.8 Å². The Balaban J connectivity index is 2.27. The van der Waals surface area contributed by atoms with E-state index in [1.54, 1.807) is 12.1 Å². The van der Waals surface area contributed by atoms with Gasteiger partial charge in [0.25, 0.3) is 0 Å². The molecule has 0 saturated heterocycles. The highest BCUT2D eigenvalue weighted by molar-refractivity contribution is 6.30. The average Bonchev–Trinajstić information content (AvgIpc) is 2.42. The Morgan fingerprint density at radius 2 is 1.67 bits per heavy atom. The van der Waals surface area contributed by atoms with Crippen molar-refractivity contribution >= 4 is 11.6 Å². The number of hydrogen-bond donors (Lipinski definition) is 1. The SMILES string of the molecule is CC(C)Cc1ccc(C(O)c2cc(F)c(Cl)cc2F)cc1. The van der Waals surface area contributed by atoms with Gasteiger partial charge in [-0.1, -0.05) is 49.7 Å². The van der Waals surface area contributed by atoms with E-state index in [-0.39, 0.29) is 10.6 Å². The molecule has 1 N–H and O–H groups in total. The molecule has 0 aliphatic rings. The van der Waals surface area contributed by atoms with Crippen LogP contribution in [0, 0.1) is 17.6 Å². The molecule has 0 aromatic heterocycles. The molecular weight excluding hydrogens is 294 g/mol. The minimum Gasteiger partial charge on any atom is -0.384 e. The summed E-state index contributed by atoms with van der Waals surface area (Å²) in [6, 6.07) is 9.06. The third-order valence-electron chi connectivity index (χ3n) is 3.27. The Kier molecular flexibility index (Phi) is 4.96. The highest BCUT2D eigenvalue weighted by Gasteiger charge is 2.17. The highest BCUT2D eigenvalue weighted by Crippen LogP contribution is 2.28. The molecule has 2 aromatic carbocycles. The van der Waals surface area contributed by atoms with Gasteiger partial charge in [-0.3, -0.25) is 0 Å². The number of rotatable bonds is 4. The van der Waals surface area contributed by atoms with E-state index in [0.717, 1.165) is 24.1 Å². The molecule has 4 heteroatoms. The summed E-state index contributed by atoms with van der Waals surface area (Å²) >= 11 is 5.51. The lowest BCUT2D eigenvalue weighted by Crippen LogP contribution is -2.04. The van der Waals surface area contributed by atoms with Crippen molar-refractivity contribution in [2.75, 3.05) is 0 Å². The lowest BCUT2D eigenvalue weighted by atomic mass is 9.97. The number of benzene rings is 2. The molecule has 2 aromatic rings.